The molecule has 1 amide bonds. The normalized spacial score (nSPS) is 23.0. The van der Waals surface area contributed by atoms with Crippen LogP contribution in [0.1, 0.15) is 35.8 Å². The van der Waals surface area contributed by atoms with Crippen LogP contribution in [0.4, 0.5) is 17.6 Å². The molecule has 1 atom stereocenters. The van der Waals surface area contributed by atoms with Crippen molar-refractivity contribution >= 4 is 15.9 Å². The van der Waals surface area contributed by atoms with E-state index in [-0.39, 0.29) is 47.4 Å². The van der Waals surface area contributed by atoms with Crippen LogP contribution in [0.5, 0.6) is 5.75 Å². The van der Waals surface area contributed by atoms with Crippen LogP contribution in [-0.4, -0.2) is 60.3 Å². The number of fused-ring (bicyclic) bond motifs is 1. The van der Waals surface area contributed by atoms with Gasteiger partial charge in [-0.25, -0.2) is 12.8 Å². The lowest BCUT2D eigenvalue weighted by molar-refractivity contribution is -0.141. The molecular weight excluding hydrogens is 478 g/mol. The number of halogens is 4. The molecule has 1 saturated heterocycles. The second-order valence-electron chi connectivity index (χ2n) is 9.20. The molecule has 0 radical (unpaired) electrons. The Kier molecular flexibility index (Phi) is 5.17. The maximum Gasteiger partial charge on any atom is 0.433 e. The van der Waals surface area contributed by atoms with Gasteiger partial charge in [0.25, 0.3) is 5.91 Å². The predicted octanol–water partition coefficient (Wildman–Crippen LogP) is 3.32. The third-order valence-electron chi connectivity index (χ3n) is 6.78. The summed E-state index contributed by atoms with van der Waals surface area (Å²) in [6.07, 6.45) is -2.68. The number of ether oxygens (including phenoxy) is 1. The fraction of sp³-hybridized carbons (Fsp3) is 0.455. The summed E-state index contributed by atoms with van der Waals surface area (Å²) in [5.74, 6) is -1.42. The quantitative estimate of drug-likeness (QED) is 0.606. The molecule has 0 unspecified atom stereocenters. The van der Waals surface area contributed by atoms with Crippen molar-refractivity contribution in [2.24, 2.45) is 5.41 Å². The van der Waals surface area contributed by atoms with Gasteiger partial charge in [-0.05, 0) is 31.9 Å². The molecule has 2 aromatic rings. The molecule has 0 N–H and O–H groups in total. The van der Waals surface area contributed by atoms with Crippen LogP contribution >= 0.6 is 0 Å². The van der Waals surface area contributed by atoms with E-state index in [1.54, 1.807) is 11.8 Å². The summed E-state index contributed by atoms with van der Waals surface area (Å²) in [7, 11) is -3.95. The zero-order valence-corrected chi connectivity index (χ0v) is 18.9. The van der Waals surface area contributed by atoms with Crippen molar-refractivity contribution in [2.45, 2.75) is 42.9 Å². The molecule has 3 heterocycles. The van der Waals surface area contributed by atoms with Crippen LogP contribution < -0.4 is 4.74 Å². The summed E-state index contributed by atoms with van der Waals surface area (Å²) < 4.78 is 85.2. The van der Waals surface area contributed by atoms with Crippen molar-refractivity contribution in [1.29, 1.82) is 0 Å². The molecule has 1 saturated carbocycles. The lowest BCUT2D eigenvalue weighted by atomic mass is 9.61. The lowest BCUT2D eigenvalue weighted by Gasteiger charge is -2.60. The number of sulfonamides is 1. The molecule has 2 aliphatic heterocycles. The maximum absolute atomic E-state index is 14.0. The molecule has 5 rings (SSSR count). The van der Waals surface area contributed by atoms with E-state index in [2.05, 4.69) is 4.98 Å². The number of aromatic nitrogens is 1. The van der Waals surface area contributed by atoms with Crippen LogP contribution in [0.25, 0.3) is 0 Å². The molecule has 12 heteroatoms. The number of amides is 1. The number of hydrogen-bond donors (Lipinski definition) is 0. The standard InChI is InChI=1S/C22H21F4N3O4S/c1-13-10-33-17-6-19(22(24,25)26)27-9-15(17)20(30)29(13)14-7-21(8-14)11-28(12-21)34(31,32)18-5-3-2-4-16(18)23/h2-6,9,13-14H,7-8,10-12H2,1H3/t13-/m1/s1. The highest BCUT2D eigenvalue weighted by Gasteiger charge is 2.58. The average Bonchev–Trinajstić information content (AvgIpc) is 2.82. The molecule has 34 heavy (non-hydrogen) atoms. The third kappa shape index (κ3) is 3.63. The van der Waals surface area contributed by atoms with Crippen molar-refractivity contribution in [3.05, 3.63) is 53.6 Å². The van der Waals surface area contributed by atoms with Crippen molar-refractivity contribution in [2.75, 3.05) is 19.7 Å². The largest absolute Gasteiger partial charge is 0.490 e. The van der Waals surface area contributed by atoms with Crippen molar-refractivity contribution < 1.29 is 35.5 Å². The Bertz CT molecular complexity index is 1250. The smallest absolute Gasteiger partial charge is 0.433 e. The molecule has 7 nitrogen and oxygen atoms in total. The maximum atomic E-state index is 14.0. The topological polar surface area (TPSA) is 79.8 Å². The van der Waals surface area contributed by atoms with Gasteiger partial charge in [0.15, 0.2) is 0 Å². The van der Waals surface area contributed by atoms with Crippen LogP contribution in [0, 0.1) is 11.2 Å². The monoisotopic (exact) mass is 499 g/mol. The summed E-state index contributed by atoms with van der Waals surface area (Å²) in [6.45, 7) is 2.22. The minimum Gasteiger partial charge on any atom is -0.490 e. The van der Waals surface area contributed by atoms with Gasteiger partial charge in [-0.3, -0.25) is 9.78 Å². The molecule has 3 aliphatic rings. The highest BCUT2D eigenvalue weighted by Crippen LogP contribution is 2.52. The second kappa shape index (κ2) is 7.64. The Hall–Kier alpha value is -2.73. The second-order valence-corrected chi connectivity index (χ2v) is 11.1. The van der Waals surface area contributed by atoms with Gasteiger partial charge < -0.3 is 9.64 Å². The Labute approximate surface area is 193 Å². The fourth-order valence-electron chi connectivity index (χ4n) is 5.09. The Morgan fingerprint density at radius 2 is 1.85 bits per heavy atom. The van der Waals surface area contributed by atoms with E-state index in [1.807, 2.05) is 0 Å². The number of benzene rings is 1. The first-order valence-electron chi connectivity index (χ1n) is 10.7. The number of carbonyl (C=O) groups excluding carboxylic acids is 1. The summed E-state index contributed by atoms with van der Waals surface area (Å²) in [6, 6.07) is 5.34. The number of pyridine rings is 1. The highest BCUT2D eigenvalue weighted by molar-refractivity contribution is 7.89. The summed E-state index contributed by atoms with van der Waals surface area (Å²) >= 11 is 0. The average molecular weight is 499 g/mol. The van der Waals surface area contributed by atoms with E-state index in [0.29, 0.717) is 12.8 Å². The number of alkyl halides is 3. The minimum atomic E-state index is -4.65. The molecule has 1 aromatic heterocycles. The number of carbonyl (C=O) groups is 1. The van der Waals surface area contributed by atoms with Gasteiger partial charge in [0.2, 0.25) is 10.0 Å². The zero-order valence-electron chi connectivity index (χ0n) is 18.0. The molecule has 1 aliphatic carbocycles. The van der Waals surface area contributed by atoms with Crippen LogP contribution in [0.2, 0.25) is 0 Å². The summed E-state index contributed by atoms with van der Waals surface area (Å²) in [4.78, 5) is 17.8. The van der Waals surface area contributed by atoms with Crippen LogP contribution in [0.3, 0.4) is 0 Å². The van der Waals surface area contributed by atoms with Crippen molar-refractivity contribution in [3.63, 3.8) is 0 Å². The van der Waals surface area contributed by atoms with Crippen molar-refractivity contribution in [1.82, 2.24) is 14.2 Å². The third-order valence-corrected chi connectivity index (χ3v) is 8.61. The SMILES string of the molecule is C[C@@H]1COc2cc(C(F)(F)F)ncc2C(=O)N1C1CC2(C1)CN(S(=O)(=O)c1ccccc1F)C2. The molecule has 1 aromatic carbocycles. The Morgan fingerprint density at radius 3 is 2.50 bits per heavy atom. The number of hydrogen-bond acceptors (Lipinski definition) is 5. The fourth-order valence-corrected chi connectivity index (χ4v) is 6.82. The van der Waals surface area contributed by atoms with Crippen LogP contribution in [-0.2, 0) is 16.2 Å². The summed E-state index contributed by atoms with van der Waals surface area (Å²) in [5.41, 5.74) is -1.47. The molecule has 182 valence electrons. The van der Waals surface area contributed by atoms with E-state index < -0.39 is 39.7 Å². The first-order chi connectivity index (χ1) is 15.9. The predicted molar refractivity (Wildman–Crippen MR) is 111 cm³/mol. The van der Waals surface area contributed by atoms with Gasteiger partial charge in [-0.15, -0.1) is 0 Å². The first kappa shape index (κ1) is 23.0. The first-order valence-corrected chi connectivity index (χ1v) is 12.1. The van der Waals surface area contributed by atoms with Gasteiger partial charge in [-0.2, -0.15) is 17.5 Å². The molecule has 1 spiro atoms. The molecule has 2 fully saturated rings. The van der Waals surface area contributed by atoms with E-state index in [0.717, 1.165) is 18.3 Å². The van der Waals surface area contributed by atoms with Crippen LogP contribution in [0.15, 0.2) is 41.4 Å². The van der Waals surface area contributed by atoms with Gasteiger partial charge >= 0.3 is 6.18 Å². The van der Waals surface area contributed by atoms with E-state index in [1.165, 1.54) is 22.5 Å². The zero-order chi connectivity index (χ0) is 24.5. The molecular formula is C22H21F4N3O4S. The van der Waals surface area contributed by atoms with E-state index >= 15 is 0 Å². The van der Waals surface area contributed by atoms with Gasteiger partial charge in [0.05, 0.1) is 11.6 Å². The lowest BCUT2D eigenvalue weighted by Crippen LogP contribution is -2.68. The van der Waals surface area contributed by atoms with Crippen molar-refractivity contribution in [3.8, 4) is 5.75 Å². The van der Waals surface area contributed by atoms with Gasteiger partial charge in [-0.1, -0.05) is 12.1 Å². The number of nitrogens with zero attached hydrogens (tertiary/aromatic N) is 3. The summed E-state index contributed by atoms with van der Waals surface area (Å²) in [5, 5.41) is 0. The van der Waals surface area contributed by atoms with Gasteiger partial charge in [0.1, 0.15) is 28.8 Å². The van der Waals surface area contributed by atoms with E-state index in [4.69, 9.17) is 4.74 Å². The van der Waals surface area contributed by atoms with Gasteiger partial charge in [0, 0.05) is 36.8 Å². The minimum absolute atomic E-state index is 0.0251. The number of rotatable bonds is 3. The Morgan fingerprint density at radius 1 is 1.18 bits per heavy atom. The van der Waals surface area contributed by atoms with E-state index in [9.17, 15) is 30.8 Å². The Balaban J connectivity index is 1.29. The highest BCUT2D eigenvalue weighted by atomic mass is 32.2. The molecule has 0 bridgehead atoms.